The molecule has 0 aliphatic heterocycles. The maximum atomic E-state index is 12.4. The zero-order valence-electron chi connectivity index (χ0n) is 15.4. The van der Waals surface area contributed by atoms with E-state index in [0.29, 0.717) is 5.58 Å². The third-order valence-corrected chi connectivity index (χ3v) is 4.42. The van der Waals surface area contributed by atoms with E-state index in [1.807, 2.05) is 55.5 Å². The van der Waals surface area contributed by atoms with Crippen LogP contribution in [-0.2, 0) is 0 Å². The molecule has 2 aromatic carbocycles. The summed E-state index contributed by atoms with van der Waals surface area (Å²) in [4.78, 5) is 24.6. The number of hydrogen-bond acceptors (Lipinski definition) is 3. The lowest BCUT2D eigenvalue weighted by Crippen LogP contribution is -2.47. The SMILES string of the molecule is CCCC(NC(=O)NNC(=O)c1oc2ccccc2c1C)c1ccccc1. The highest BCUT2D eigenvalue weighted by Crippen LogP contribution is 2.24. The molecule has 0 aliphatic rings. The van der Waals surface area contributed by atoms with Crippen LogP contribution in [-0.4, -0.2) is 11.9 Å². The summed E-state index contributed by atoms with van der Waals surface area (Å²) >= 11 is 0. The van der Waals surface area contributed by atoms with Gasteiger partial charge in [-0.05, 0) is 25.0 Å². The van der Waals surface area contributed by atoms with Crippen LogP contribution in [0.1, 0.15) is 47.5 Å². The van der Waals surface area contributed by atoms with Crippen molar-refractivity contribution in [2.24, 2.45) is 0 Å². The Bertz CT molecular complexity index is 934. The predicted octanol–water partition coefficient (Wildman–Crippen LogP) is 4.23. The fourth-order valence-electron chi connectivity index (χ4n) is 3.05. The van der Waals surface area contributed by atoms with Crippen molar-refractivity contribution >= 4 is 22.9 Å². The standard InChI is InChI=1S/C21H23N3O3/c1-3-9-17(15-10-5-4-6-11-15)22-21(26)24-23-20(25)19-14(2)16-12-7-8-13-18(16)27-19/h4-8,10-13,17H,3,9H2,1-2H3,(H,23,25)(H2,22,24,26). The second kappa shape index (κ2) is 8.40. The molecule has 140 valence electrons. The highest BCUT2D eigenvalue weighted by molar-refractivity contribution is 5.99. The Labute approximate surface area is 157 Å². The Kier molecular flexibility index (Phi) is 5.76. The number of hydrogen-bond donors (Lipinski definition) is 3. The molecule has 6 heteroatoms. The molecule has 27 heavy (non-hydrogen) atoms. The molecule has 0 fully saturated rings. The number of carbonyl (C=O) groups is 2. The van der Waals surface area contributed by atoms with Gasteiger partial charge in [-0.15, -0.1) is 0 Å². The van der Waals surface area contributed by atoms with Gasteiger partial charge in [0.25, 0.3) is 0 Å². The number of urea groups is 1. The number of carbonyl (C=O) groups excluding carboxylic acids is 2. The highest BCUT2D eigenvalue weighted by Gasteiger charge is 2.19. The Morgan fingerprint density at radius 2 is 1.70 bits per heavy atom. The van der Waals surface area contributed by atoms with E-state index in [2.05, 4.69) is 23.1 Å². The van der Waals surface area contributed by atoms with Crippen LogP contribution in [0.3, 0.4) is 0 Å². The summed E-state index contributed by atoms with van der Waals surface area (Å²) in [7, 11) is 0. The molecule has 0 saturated heterocycles. The number of rotatable bonds is 5. The fraction of sp³-hybridized carbons (Fsp3) is 0.238. The lowest BCUT2D eigenvalue weighted by molar-refractivity contribution is 0.0909. The summed E-state index contributed by atoms with van der Waals surface area (Å²) < 4.78 is 5.60. The summed E-state index contributed by atoms with van der Waals surface area (Å²) in [5.74, 6) is -0.310. The summed E-state index contributed by atoms with van der Waals surface area (Å²) in [5.41, 5.74) is 7.20. The maximum Gasteiger partial charge on any atom is 0.333 e. The molecule has 0 bridgehead atoms. The molecule has 3 aromatic rings. The van der Waals surface area contributed by atoms with Crippen LogP contribution in [0.15, 0.2) is 59.0 Å². The number of furan rings is 1. The minimum Gasteiger partial charge on any atom is -0.451 e. The van der Waals surface area contributed by atoms with Gasteiger partial charge in [-0.3, -0.25) is 10.2 Å². The van der Waals surface area contributed by atoms with E-state index >= 15 is 0 Å². The van der Waals surface area contributed by atoms with Gasteiger partial charge in [0.1, 0.15) is 5.58 Å². The van der Waals surface area contributed by atoms with E-state index in [4.69, 9.17) is 4.42 Å². The minimum atomic E-state index is -0.495. The summed E-state index contributed by atoms with van der Waals surface area (Å²) in [6.07, 6.45) is 1.72. The van der Waals surface area contributed by atoms with E-state index in [9.17, 15) is 9.59 Å². The van der Waals surface area contributed by atoms with Crippen molar-refractivity contribution in [3.63, 3.8) is 0 Å². The normalized spacial score (nSPS) is 11.8. The number of para-hydroxylation sites is 1. The largest absolute Gasteiger partial charge is 0.451 e. The zero-order chi connectivity index (χ0) is 19.2. The number of fused-ring (bicyclic) bond motifs is 1. The average molecular weight is 365 g/mol. The Hall–Kier alpha value is -3.28. The third kappa shape index (κ3) is 4.28. The number of hydrazine groups is 1. The molecular weight excluding hydrogens is 342 g/mol. The van der Waals surface area contributed by atoms with Gasteiger partial charge in [0.15, 0.2) is 5.76 Å². The lowest BCUT2D eigenvalue weighted by Gasteiger charge is -2.19. The second-order valence-corrected chi connectivity index (χ2v) is 6.36. The van der Waals surface area contributed by atoms with E-state index in [0.717, 1.165) is 29.4 Å². The van der Waals surface area contributed by atoms with Crippen molar-refractivity contribution in [2.75, 3.05) is 0 Å². The maximum absolute atomic E-state index is 12.4. The quantitative estimate of drug-likeness (QED) is 0.592. The molecule has 0 aliphatic carbocycles. The average Bonchev–Trinajstić information content (AvgIpc) is 3.03. The molecule has 1 unspecified atom stereocenters. The third-order valence-electron chi connectivity index (χ3n) is 4.42. The zero-order valence-corrected chi connectivity index (χ0v) is 15.4. The van der Waals surface area contributed by atoms with Crippen molar-refractivity contribution in [1.82, 2.24) is 16.2 Å². The van der Waals surface area contributed by atoms with Crippen LogP contribution in [0, 0.1) is 6.92 Å². The number of nitrogens with one attached hydrogen (secondary N) is 3. The van der Waals surface area contributed by atoms with E-state index in [-0.39, 0.29) is 11.8 Å². The van der Waals surface area contributed by atoms with E-state index in [1.54, 1.807) is 6.07 Å². The summed E-state index contributed by atoms with van der Waals surface area (Å²) in [6, 6.07) is 16.6. The van der Waals surface area contributed by atoms with Gasteiger partial charge in [0.2, 0.25) is 0 Å². The number of benzene rings is 2. The van der Waals surface area contributed by atoms with Gasteiger partial charge in [0, 0.05) is 10.9 Å². The van der Waals surface area contributed by atoms with Crippen LogP contribution < -0.4 is 16.2 Å². The molecule has 0 spiro atoms. The fourth-order valence-corrected chi connectivity index (χ4v) is 3.05. The van der Waals surface area contributed by atoms with Crippen LogP contribution in [0.2, 0.25) is 0 Å². The van der Waals surface area contributed by atoms with Gasteiger partial charge in [0.05, 0.1) is 6.04 Å². The first-order chi connectivity index (χ1) is 13.1. The van der Waals surface area contributed by atoms with Gasteiger partial charge >= 0.3 is 11.9 Å². The van der Waals surface area contributed by atoms with Crippen molar-refractivity contribution < 1.29 is 14.0 Å². The molecule has 6 nitrogen and oxygen atoms in total. The van der Waals surface area contributed by atoms with Crippen molar-refractivity contribution in [3.8, 4) is 0 Å². The first-order valence-electron chi connectivity index (χ1n) is 9.00. The molecular formula is C21H23N3O3. The highest BCUT2D eigenvalue weighted by atomic mass is 16.3. The lowest BCUT2D eigenvalue weighted by atomic mass is 10.0. The molecule has 0 radical (unpaired) electrons. The van der Waals surface area contributed by atoms with Gasteiger partial charge in [-0.2, -0.15) is 0 Å². The van der Waals surface area contributed by atoms with Gasteiger partial charge < -0.3 is 9.73 Å². The minimum absolute atomic E-state index is 0.124. The molecule has 1 atom stereocenters. The Morgan fingerprint density at radius 1 is 1.00 bits per heavy atom. The molecule has 3 amide bonds. The van der Waals surface area contributed by atoms with Crippen LogP contribution in [0.4, 0.5) is 4.79 Å². The summed E-state index contributed by atoms with van der Waals surface area (Å²) in [6.45, 7) is 3.87. The molecule has 0 saturated carbocycles. The molecule has 1 aromatic heterocycles. The first kappa shape index (κ1) is 18.5. The van der Waals surface area contributed by atoms with Crippen molar-refractivity contribution in [3.05, 3.63) is 71.5 Å². The topological polar surface area (TPSA) is 83.4 Å². The van der Waals surface area contributed by atoms with E-state index < -0.39 is 11.9 Å². The monoisotopic (exact) mass is 365 g/mol. The smallest absolute Gasteiger partial charge is 0.333 e. The van der Waals surface area contributed by atoms with Crippen molar-refractivity contribution in [2.45, 2.75) is 32.7 Å². The summed E-state index contributed by atoms with van der Waals surface area (Å²) in [5, 5.41) is 3.76. The van der Waals surface area contributed by atoms with E-state index in [1.165, 1.54) is 0 Å². The molecule has 3 rings (SSSR count). The van der Waals surface area contributed by atoms with Crippen LogP contribution >= 0.6 is 0 Å². The first-order valence-corrected chi connectivity index (χ1v) is 9.00. The molecule has 1 heterocycles. The number of amides is 3. The Morgan fingerprint density at radius 3 is 2.41 bits per heavy atom. The molecule has 3 N–H and O–H groups in total. The number of aryl methyl sites for hydroxylation is 1. The van der Waals surface area contributed by atoms with Gasteiger partial charge in [-0.1, -0.05) is 61.9 Å². The second-order valence-electron chi connectivity index (χ2n) is 6.36. The van der Waals surface area contributed by atoms with Crippen molar-refractivity contribution in [1.29, 1.82) is 0 Å². The van der Waals surface area contributed by atoms with Crippen LogP contribution in [0.25, 0.3) is 11.0 Å². The Balaban J connectivity index is 1.62. The van der Waals surface area contributed by atoms with Crippen LogP contribution in [0.5, 0.6) is 0 Å². The van der Waals surface area contributed by atoms with Gasteiger partial charge in [-0.25, -0.2) is 10.2 Å². The predicted molar refractivity (Wildman–Crippen MR) is 104 cm³/mol.